The van der Waals surface area contributed by atoms with E-state index in [0.717, 1.165) is 55.5 Å². The Morgan fingerprint density at radius 3 is 2.53 bits per heavy atom. The summed E-state index contributed by atoms with van der Waals surface area (Å²) in [6.07, 6.45) is 13.0. The highest BCUT2D eigenvalue weighted by molar-refractivity contribution is 5.47. The third-order valence-corrected chi connectivity index (χ3v) is 8.69. The van der Waals surface area contributed by atoms with Gasteiger partial charge in [-0.15, -0.1) is 0 Å². The summed E-state index contributed by atoms with van der Waals surface area (Å²) in [4.78, 5) is 11.7. The molecule has 4 bridgehead atoms. The Labute approximate surface area is 182 Å². The van der Waals surface area contributed by atoms with Gasteiger partial charge in [0.05, 0.1) is 11.8 Å². The van der Waals surface area contributed by atoms with Crippen molar-refractivity contribution >= 4 is 5.82 Å². The molecular weight excluding hydrogens is 372 g/mol. The van der Waals surface area contributed by atoms with Crippen molar-refractivity contribution in [3.63, 3.8) is 0 Å². The zero-order valence-corrected chi connectivity index (χ0v) is 18.9. The fourth-order valence-electron chi connectivity index (χ4n) is 7.74. The van der Waals surface area contributed by atoms with Crippen molar-refractivity contribution in [3.05, 3.63) is 17.6 Å². The van der Waals surface area contributed by atoms with Crippen LogP contribution >= 0.6 is 0 Å². The molecule has 0 aromatic carbocycles. The van der Waals surface area contributed by atoms with Gasteiger partial charge in [-0.25, -0.2) is 9.97 Å². The SMILES string of the molecule is CCCC(C)CN1CCc2c(ncnc2NCC(O)C23CC4CC(CC(C4)C2)C3)C1. The summed E-state index contributed by atoms with van der Waals surface area (Å²) < 4.78 is 0. The minimum absolute atomic E-state index is 0.168. The van der Waals surface area contributed by atoms with Gasteiger partial charge < -0.3 is 10.4 Å². The second-order valence-electron chi connectivity index (χ2n) is 11.2. The summed E-state index contributed by atoms with van der Waals surface area (Å²) in [6.45, 7) is 8.43. The van der Waals surface area contributed by atoms with Crippen LogP contribution in [0.15, 0.2) is 6.33 Å². The fourth-order valence-corrected chi connectivity index (χ4v) is 7.74. The first kappa shape index (κ1) is 20.7. The number of rotatable bonds is 8. The lowest BCUT2D eigenvalue weighted by atomic mass is 9.48. The monoisotopic (exact) mass is 412 g/mol. The first-order valence-corrected chi connectivity index (χ1v) is 12.5. The zero-order chi connectivity index (χ0) is 20.7. The van der Waals surface area contributed by atoms with Gasteiger partial charge in [-0.2, -0.15) is 0 Å². The van der Waals surface area contributed by atoms with Crippen molar-refractivity contribution in [3.8, 4) is 0 Å². The van der Waals surface area contributed by atoms with E-state index >= 15 is 0 Å². The molecule has 6 rings (SSSR count). The number of aliphatic hydroxyl groups excluding tert-OH is 1. The molecule has 5 heteroatoms. The van der Waals surface area contributed by atoms with Gasteiger partial charge in [0.1, 0.15) is 12.1 Å². The third-order valence-electron chi connectivity index (χ3n) is 8.69. The van der Waals surface area contributed by atoms with Crippen LogP contribution in [0, 0.1) is 29.1 Å². The molecule has 2 unspecified atom stereocenters. The van der Waals surface area contributed by atoms with Gasteiger partial charge in [0.2, 0.25) is 0 Å². The third kappa shape index (κ3) is 4.00. The molecule has 4 fully saturated rings. The van der Waals surface area contributed by atoms with E-state index in [1.54, 1.807) is 6.33 Å². The van der Waals surface area contributed by atoms with Crippen LogP contribution in [-0.4, -0.2) is 45.7 Å². The van der Waals surface area contributed by atoms with E-state index in [1.807, 2.05) is 0 Å². The molecule has 2 heterocycles. The molecule has 0 saturated heterocycles. The van der Waals surface area contributed by atoms with Crippen molar-refractivity contribution in [2.45, 2.75) is 84.3 Å². The van der Waals surface area contributed by atoms with Gasteiger partial charge in [-0.3, -0.25) is 4.90 Å². The van der Waals surface area contributed by atoms with Gasteiger partial charge in [0.15, 0.2) is 0 Å². The highest BCUT2D eigenvalue weighted by atomic mass is 16.3. The Bertz CT molecular complexity index is 715. The van der Waals surface area contributed by atoms with Crippen LogP contribution in [0.25, 0.3) is 0 Å². The first-order valence-electron chi connectivity index (χ1n) is 12.5. The number of nitrogens with one attached hydrogen (secondary N) is 1. The van der Waals surface area contributed by atoms with Crippen molar-refractivity contribution in [1.29, 1.82) is 0 Å². The van der Waals surface area contributed by atoms with E-state index in [0.29, 0.717) is 6.54 Å². The maximum Gasteiger partial charge on any atom is 0.133 e. The van der Waals surface area contributed by atoms with Crippen molar-refractivity contribution in [1.82, 2.24) is 14.9 Å². The van der Waals surface area contributed by atoms with Crippen LogP contribution in [0.4, 0.5) is 5.82 Å². The Morgan fingerprint density at radius 2 is 1.87 bits per heavy atom. The summed E-state index contributed by atoms with van der Waals surface area (Å²) in [5.74, 6) is 4.33. The largest absolute Gasteiger partial charge is 0.391 e. The second kappa shape index (κ2) is 8.38. The quantitative estimate of drug-likeness (QED) is 0.668. The number of nitrogens with zero attached hydrogens (tertiary/aromatic N) is 3. The van der Waals surface area contributed by atoms with Gasteiger partial charge in [0, 0.05) is 31.7 Å². The average Bonchev–Trinajstić information content (AvgIpc) is 2.71. The number of anilines is 1. The lowest BCUT2D eigenvalue weighted by Gasteiger charge is -2.58. The Morgan fingerprint density at radius 1 is 1.17 bits per heavy atom. The van der Waals surface area contributed by atoms with Crippen LogP contribution in [0.3, 0.4) is 0 Å². The molecule has 30 heavy (non-hydrogen) atoms. The normalized spacial score (nSPS) is 34.6. The lowest BCUT2D eigenvalue weighted by Crippen LogP contribution is -2.53. The topological polar surface area (TPSA) is 61.3 Å². The van der Waals surface area contributed by atoms with Crippen molar-refractivity contribution < 1.29 is 5.11 Å². The van der Waals surface area contributed by atoms with Gasteiger partial charge in [-0.1, -0.05) is 20.3 Å². The standard InChI is InChI=1S/C25H40N4O/c1-3-4-17(2)14-29-6-5-21-22(15-29)27-16-28-24(21)26-13-23(30)25-10-18-7-19(11-25)9-20(8-18)12-25/h16-20,23,30H,3-15H2,1-2H3,(H,26,27,28). The minimum atomic E-state index is -0.258. The van der Waals surface area contributed by atoms with E-state index in [-0.39, 0.29) is 11.5 Å². The zero-order valence-electron chi connectivity index (χ0n) is 18.9. The Kier molecular flexibility index (Phi) is 5.78. The number of fused-ring (bicyclic) bond motifs is 1. The molecule has 0 radical (unpaired) electrons. The highest BCUT2D eigenvalue weighted by Crippen LogP contribution is 2.61. The molecule has 1 aromatic heterocycles. The molecular formula is C25H40N4O. The smallest absolute Gasteiger partial charge is 0.133 e. The van der Waals surface area contributed by atoms with Gasteiger partial charge in [0.25, 0.3) is 0 Å². The maximum atomic E-state index is 11.3. The van der Waals surface area contributed by atoms with Crippen molar-refractivity contribution in [2.75, 3.05) is 25.0 Å². The molecule has 0 spiro atoms. The molecule has 1 aromatic rings. The Balaban J connectivity index is 1.22. The van der Waals surface area contributed by atoms with E-state index in [9.17, 15) is 5.11 Å². The number of hydrogen-bond acceptors (Lipinski definition) is 5. The van der Waals surface area contributed by atoms with E-state index < -0.39 is 0 Å². The van der Waals surface area contributed by atoms with Crippen LogP contribution < -0.4 is 5.32 Å². The van der Waals surface area contributed by atoms with Gasteiger partial charge in [-0.05, 0) is 80.5 Å². The molecule has 2 atom stereocenters. The summed E-state index contributed by atoms with van der Waals surface area (Å²) in [6, 6.07) is 0. The van der Waals surface area contributed by atoms with E-state index in [4.69, 9.17) is 0 Å². The molecule has 2 N–H and O–H groups in total. The summed E-state index contributed by atoms with van der Waals surface area (Å²) in [5.41, 5.74) is 2.61. The molecule has 4 aliphatic carbocycles. The molecule has 5 aliphatic rings. The highest BCUT2D eigenvalue weighted by Gasteiger charge is 2.53. The second-order valence-corrected chi connectivity index (χ2v) is 11.2. The van der Waals surface area contributed by atoms with E-state index in [1.165, 1.54) is 62.6 Å². The number of hydrogen-bond donors (Lipinski definition) is 2. The predicted octanol–water partition coefficient (Wildman–Crippen LogP) is 4.26. The summed E-state index contributed by atoms with van der Waals surface area (Å²) in [7, 11) is 0. The van der Waals surface area contributed by atoms with Crippen LogP contribution in [-0.2, 0) is 13.0 Å². The minimum Gasteiger partial charge on any atom is -0.391 e. The summed E-state index contributed by atoms with van der Waals surface area (Å²) in [5, 5.41) is 14.8. The average molecular weight is 413 g/mol. The lowest BCUT2D eigenvalue weighted by molar-refractivity contribution is -0.115. The number of aliphatic hydroxyl groups is 1. The molecule has 4 saturated carbocycles. The molecule has 0 amide bonds. The molecule has 1 aliphatic heterocycles. The summed E-state index contributed by atoms with van der Waals surface area (Å²) >= 11 is 0. The van der Waals surface area contributed by atoms with Gasteiger partial charge >= 0.3 is 0 Å². The predicted molar refractivity (Wildman–Crippen MR) is 120 cm³/mol. The van der Waals surface area contributed by atoms with Crippen LogP contribution in [0.1, 0.15) is 76.5 Å². The number of aromatic nitrogens is 2. The van der Waals surface area contributed by atoms with Crippen LogP contribution in [0.5, 0.6) is 0 Å². The molecule has 5 nitrogen and oxygen atoms in total. The first-order chi connectivity index (χ1) is 14.5. The van der Waals surface area contributed by atoms with Crippen LogP contribution in [0.2, 0.25) is 0 Å². The Hall–Kier alpha value is -1.20. The van der Waals surface area contributed by atoms with E-state index in [2.05, 4.69) is 34.0 Å². The fraction of sp³-hybridized carbons (Fsp3) is 0.840. The van der Waals surface area contributed by atoms with Crippen molar-refractivity contribution in [2.24, 2.45) is 29.1 Å². The molecule has 166 valence electrons. The maximum absolute atomic E-state index is 11.3.